The number of hydrogen-bond acceptors (Lipinski definition) is 5. The van der Waals surface area contributed by atoms with Gasteiger partial charge in [0.2, 0.25) is 5.78 Å². The molecule has 0 amide bonds. The van der Waals surface area contributed by atoms with E-state index in [1.807, 2.05) is 48.0 Å². The maximum Gasteiger partial charge on any atom is 0.333 e. The first-order valence-corrected chi connectivity index (χ1v) is 8.71. The van der Waals surface area contributed by atoms with Crippen molar-refractivity contribution in [3.05, 3.63) is 68.6 Å². The number of nitrogens with zero attached hydrogens (tertiary/aromatic N) is 5. The van der Waals surface area contributed by atoms with Gasteiger partial charge in [0.05, 0.1) is 13.7 Å². The molecule has 0 aliphatic heterocycles. The van der Waals surface area contributed by atoms with Gasteiger partial charge in [-0.15, -0.1) is 0 Å². The molecule has 9 nitrogen and oxygen atoms in total. The Kier molecular flexibility index (Phi) is 4.14. The minimum absolute atomic E-state index is 0.246. The molecule has 0 atom stereocenters. The smallest absolute Gasteiger partial charge is 0.333 e. The molecule has 0 saturated carbocycles. The molecule has 3 heterocycles. The summed E-state index contributed by atoms with van der Waals surface area (Å²) in [6.07, 6.45) is 1.81. The van der Waals surface area contributed by atoms with E-state index in [-0.39, 0.29) is 11.2 Å². The number of hydrogen-bond donors (Lipinski definition) is 0. The molecule has 144 valence electrons. The summed E-state index contributed by atoms with van der Waals surface area (Å²) in [5, 5.41) is 0. The normalized spacial score (nSPS) is 11.4. The highest BCUT2D eigenvalue weighted by molar-refractivity contribution is 5.76. The molecule has 0 spiro atoms. The largest absolute Gasteiger partial charge is 0.468 e. The van der Waals surface area contributed by atoms with E-state index in [2.05, 4.69) is 9.72 Å². The van der Waals surface area contributed by atoms with Crippen LogP contribution < -0.4 is 11.2 Å². The van der Waals surface area contributed by atoms with Crippen LogP contribution in [0, 0.1) is 6.92 Å². The van der Waals surface area contributed by atoms with Crippen LogP contribution in [0.4, 0.5) is 0 Å². The van der Waals surface area contributed by atoms with Gasteiger partial charge < -0.3 is 9.30 Å². The molecular weight excluding hydrogens is 362 g/mol. The highest BCUT2D eigenvalue weighted by Gasteiger charge is 2.21. The standard InChI is InChI=1S/C19H19N5O4/c1-12-9-23-15-16(20-18(23)22(12)10-13-7-5-4-6-8-13)21(2)19(27)24(17(15)26)11-14(25)28-3/h4-9H,10-11H2,1-3H3. The van der Waals surface area contributed by atoms with E-state index in [0.29, 0.717) is 12.3 Å². The number of rotatable bonds is 4. The monoisotopic (exact) mass is 381 g/mol. The lowest BCUT2D eigenvalue weighted by atomic mass is 10.2. The van der Waals surface area contributed by atoms with Gasteiger partial charge in [-0.2, -0.15) is 4.98 Å². The first-order valence-electron chi connectivity index (χ1n) is 8.71. The molecule has 0 radical (unpaired) electrons. The Morgan fingerprint density at radius 1 is 1.14 bits per heavy atom. The van der Waals surface area contributed by atoms with Crippen molar-refractivity contribution in [2.45, 2.75) is 20.0 Å². The number of esters is 1. The SMILES string of the molecule is COC(=O)Cn1c(=O)c2c(nc3n(Cc4ccccc4)c(C)cn23)n(C)c1=O. The predicted molar refractivity (Wildman–Crippen MR) is 102 cm³/mol. The highest BCUT2D eigenvalue weighted by Crippen LogP contribution is 2.17. The Morgan fingerprint density at radius 2 is 1.86 bits per heavy atom. The number of benzene rings is 1. The molecule has 0 unspecified atom stereocenters. The van der Waals surface area contributed by atoms with Crippen molar-refractivity contribution >= 4 is 22.9 Å². The summed E-state index contributed by atoms with van der Waals surface area (Å²) in [6, 6.07) is 9.89. The summed E-state index contributed by atoms with van der Waals surface area (Å²) in [4.78, 5) is 41.7. The van der Waals surface area contributed by atoms with E-state index in [1.165, 1.54) is 18.7 Å². The molecule has 1 aromatic carbocycles. The van der Waals surface area contributed by atoms with Crippen molar-refractivity contribution in [1.82, 2.24) is 23.1 Å². The Balaban J connectivity index is 1.98. The van der Waals surface area contributed by atoms with Gasteiger partial charge >= 0.3 is 11.7 Å². The van der Waals surface area contributed by atoms with Crippen molar-refractivity contribution < 1.29 is 9.53 Å². The summed E-state index contributed by atoms with van der Waals surface area (Å²) in [6.45, 7) is 2.06. The van der Waals surface area contributed by atoms with Gasteiger partial charge in [-0.25, -0.2) is 9.36 Å². The van der Waals surface area contributed by atoms with E-state index in [0.717, 1.165) is 15.8 Å². The molecule has 4 aromatic rings. The molecule has 0 aliphatic carbocycles. The zero-order valence-corrected chi connectivity index (χ0v) is 15.7. The van der Waals surface area contributed by atoms with Crippen LogP contribution in [0.15, 0.2) is 46.1 Å². The third-order valence-corrected chi connectivity index (χ3v) is 4.84. The van der Waals surface area contributed by atoms with E-state index in [4.69, 9.17) is 0 Å². The van der Waals surface area contributed by atoms with Crippen LogP contribution in [0.1, 0.15) is 11.3 Å². The Bertz CT molecular complexity index is 1320. The van der Waals surface area contributed by atoms with Gasteiger partial charge in [-0.1, -0.05) is 30.3 Å². The van der Waals surface area contributed by atoms with Gasteiger partial charge in [-0.3, -0.25) is 18.6 Å². The molecule has 3 aromatic heterocycles. The number of methoxy groups -OCH3 is 1. The number of ether oxygens (including phenoxy) is 1. The van der Waals surface area contributed by atoms with Crippen LogP contribution in [0.3, 0.4) is 0 Å². The minimum Gasteiger partial charge on any atom is -0.468 e. The fourth-order valence-corrected chi connectivity index (χ4v) is 3.35. The second-order valence-electron chi connectivity index (χ2n) is 6.61. The minimum atomic E-state index is -0.669. The predicted octanol–water partition coefficient (Wildman–Crippen LogP) is 0.679. The second-order valence-corrected chi connectivity index (χ2v) is 6.61. The molecule has 0 N–H and O–H groups in total. The van der Waals surface area contributed by atoms with Gasteiger partial charge in [0.25, 0.3) is 5.56 Å². The van der Waals surface area contributed by atoms with Gasteiger partial charge in [0.1, 0.15) is 6.54 Å². The topological polar surface area (TPSA) is 92.5 Å². The van der Waals surface area contributed by atoms with Crippen LogP contribution in [-0.2, 0) is 29.7 Å². The summed E-state index contributed by atoms with van der Waals surface area (Å²) in [5.41, 5.74) is 1.33. The van der Waals surface area contributed by atoms with Crippen molar-refractivity contribution in [3.63, 3.8) is 0 Å². The Morgan fingerprint density at radius 3 is 2.54 bits per heavy atom. The number of aryl methyl sites for hydroxylation is 2. The maximum atomic E-state index is 13.0. The molecule has 0 aliphatic rings. The number of fused-ring (bicyclic) bond motifs is 3. The zero-order valence-electron chi connectivity index (χ0n) is 15.7. The quantitative estimate of drug-likeness (QED) is 0.485. The molecule has 28 heavy (non-hydrogen) atoms. The summed E-state index contributed by atoms with van der Waals surface area (Å²) < 4.78 is 10.4. The lowest BCUT2D eigenvalue weighted by molar-refractivity contribution is -0.141. The number of aromatic nitrogens is 5. The van der Waals surface area contributed by atoms with Crippen LogP contribution in [-0.4, -0.2) is 36.2 Å². The Labute approximate surface area is 159 Å². The highest BCUT2D eigenvalue weighted by atomic mass is 16.5. The third kappa shape index (κ3) is 2.63. The molecular formula is C19H19N5O4. The Hall–Kier alpha value is -3.62. The molecule has 4 rings (SSSR count). The summed E-state index contributed by atoms with van der Waals surface area (Å²) in [7, 11) is 2.74. The van der Waals surface area contributed by atoms with Crippen molar-refractivity contribution in [1.29, 1.82) is 0 Å². The van der Waals surface area contributed by atoms with E-state index < -0.39 is 23.8 Å². The fraction of sp³-hybridized carbons (Fsp3) is 0.263. The zero-order chi connectivity index (χ0) is 20.0. The average molecular weight is 381 g/mol. The lowest BCUT2D eigenvalue weighted by Gasteiger charge is -2.07. The summed E-state index contributed by atoms with van der Waals surface area (Å²) >= 11 is 0. The first-order chi connectivity index (χ1) is 13.4. The number of carbonyl (C=O) groups excluding carboxylic acids is 1. The molecule has 0 saturated heterocycles. The maximum absolute atomic E-state index is 13.0. The molecule has 0 fully saturated rings. The van der Waals surface area contributed by atoms with Crippen molar-refractivity contribution in [2.24, 2.45) is 7.05 Å². The fourth-order valence-electron chi connectivity index (χ4n) is 3.35. The van der Waals surface area contributed by atoms with E-state index in [9.17, 15) is 14.4 Å². The van der Waals surface area contributed by atoms with Gasteiger partial charge in [0.15, 0.2) is 11.2 Å². The lowest BCUT2D eigenvalue weighted by Crippen LogP contribution is -2.41. The van der Waals surface area contributed by atoms with Crippen molar-refractivity contribution in [3.8, 4) is 0 Å². The first kappa shape index (κ1) is 17.8. The van der Waals surface area contributed by atoms with Crippen molar-refractivity contribution in [2.75, 3.05) is 7.11 Å². The third-order valence-electron chi connectivity index (χ3n) is 4.84. The molecule has 9 heteroatoms. The van der Waals surface area contributed by atoms with E-state index in [1.54, 1.807) is 4.40 Å². The van der Waals surface area contributed by atoms with Crippen LogP contribution in [0.5, 0.6) is 0 Å². The average Bonchev–Trinajstić information content (AvgIpc) is 3.20. The van der Waals surface area contributed by atoms with Crippen LogP contribution >= 0.6 is 0 Å². The van der Waals surface area contributed by atoms with E-state index >= 15 is 0 Å². The van der Waals surface area contributed by atoms with Gasteiger partial charge in [-0.05, 0) is 12.5 Å². The van der Waals surface area contributed by atoms with Crippen LogP contribution in [0.2, 0.25) is 0 Å². The number of carbonyl (C=O) groups is 1. The van der Waals surface area contributed by atoms with Gasteiger partial charge in [0, 0.05) is 18.9 Å². The summed E-state index contributed by atoms with van der Waals surface area (Å²) in [5.74, 6) is -0.114. The second kappa shape index (κ2) is 6.52. The molecule has 0 bridgehead atoms. The number of imidazole rings is 2. The van der Waals surface area contributed by atoms with Crippen LogP contribution in [0.25, 0.3) is 16.9 Å².